The monoisotopic (exact) mass is 479 g/mol. The Morgan fingerprint density at radius 3 is 2.70 bits per heavy atom. The quantitative estimate of drug-likeness (QED) is 0.199. The molecule has 33 heavy (non-hydrogen) atoms. The number of non-ortho nitro benzene ring substituents is 1. The van der Waals surface area contributed by atoms with Crippen molar-refractivity contribution < 1.29 is 9.72 Å². The van der Waals surface area contributed by atoms with Gasteiger partial charge < -0.3 is 9.88 Å². The number of rotatable bonds is 8. The van der Waals surface area contributed by atoms with E-state index in [4.69, 9.17) is 0 Å². The third-order valence-electron chi connectivity index (χ3n) is 4.98. The Morgan fingerprint density at radius 1 is 1.18 bits per heavy atom. The summed E-state index contributed by atoms with van der Waals surface area (Å²) >= 11 is 2.95. The van der Waals surface area contributed by atoms with E-state index in [1.165, 1.54) is 34.8 Å². The number of carbonyl (C=O) groups is 1. The fraction of sp³-hybridized carbons (Fsp3) is 0.174. The Bertz CT molecular complexity index is 1300. The predicted octanol–water partition coefficient (Wildman–Crippen LogP) is 5.64. The van der Waals surface area contributed by atoms with Crippen LogP contribution in [0.1, 0.15) is 11.8 Å². The second-order valence-corrected chi connectivity index (χ2v) is 9.17. The van der Waals surface area contributed by atoms with Crippen molar-refractivity contribution in [2.24, 2.45) is 0 Å². The van der Waals surface area contributed by atoms with Crippen molar-refractivity contribution >= 4 is 40.4 Å². The maximum absolute atomic E-state index is 12.4. The molecule has 0 spiro atoms. The number of nitro benzene ring substituents is 1. The lowest BCUT2D eigenvalue weighted by Crippen LogP contribution is -2.14. The van der Waals surface area contributed by atoms with Gasteiger partial charge in [-0.3, -0.25) is 14.9 Å². The summed E-state index contributed by atoms with van der Waals surface area (Å²) in [6, 6.07) is 16.1. The molecule has 10 heteroatoms. The van der Waals surface area contributed by atoms with Crippen LogP contribution in [0.4, 0.5) is 11.4 Å². The number of nitrogens with zero attached hydrogens (tertiary/aromatic N) is 4. The van der Waals surface area contributed by atoms with E-state index >= 15 is 0 Å². The number of amides is 1. The van der Waals surface area contributed by atoms with Crippen LogP contribution in [0.25, 0.3) is 22.5 Å². The van der Waals surface area contributed by atoms with Crippen molar-refractivity contribution in [2.45, 2.75) is 25.5 Å². The van der Waals surface area contributed by atoms with Crippen LogP contribution in [-0.4, -0.2) is 31.3 Å². The molecule has 0 aliphatic carbocycles. The van der Waals surface area contributed by atoms with Gasteiger partial charge in [0.05, 0.1) is 10.7 Å². The lowest BCUT2D eigenvalue weighted by molar-refractivity contribution is -0.384. The second kappa shape index (κ2) is 9.97. The summed E-state index contributed by atoms with van der Waals surface area (Å²) in [5, 5.41) is 25.1. The number of nitro groups is 1. The molecule has 0 saturated carbocycles. The highest BCUT2D eigenvalue weighted by molar-refractivity contribution is 7.99. The summed E-state index contributed by atoms with van der Waals surface area (Å²) in [4.78, 5) is 24.1. The van der Waals surface area contributed by atoms with Crippen LogP contribution in [0, 0.1) is 17.0 Å². The number of thiophene rings is 1. The molecular formula is C23H21N5O3S2. The molecule has 0 radical (unpaired) electrons. The standard InChI is InChI=1S/C23H21N5O3S2/c1-3-27-22(19-13-32-15(2)21(19)16-8-5-4-6-9-16)25-26-23(27)33-14-20(29)24-17-10-7-11-18(12-17)28(30)31/h4-13H,3,14H2,1-2H3,(H,24,29). The smallest absolute Gasteiger partial charge is 0.271 e. The van der Waals surface area contributed by atoms with E-state index < -0.39 is 4.92 Å². The molecule has 0 unspecified atom stereocenters. The van der Waals surface area contributed by atoms with Crippen molar-refractivity contribution in [3.63, 3.8) is 0 Å². The van der Waals surface area contributed by atoms with Crippen molar-refractivity contribution in [3.8, 4) is 22.5 Å². The number of hydrogen-bond donors (Lipinski definition) is 1. The van der Waals surface area contributed by atoms with Crippen molar-refractivity contribution in [1.82, 2.24) is 14.8 Å². The minimum absolute atomic E-state index is 0.0731. The number of hydrogen-bond acceptors (Lipinski definition) is 7. The van der Waals surface area contributed by atoms with Gasteiger partial charge in [0.2, 0.25) is 5.91 Å². The number of thioether (sulfide) groups is 1. The number of aromatic nitrogens is 3. The van der Waals surface area contributed by atoms with Crippen LogP contribution in [0.5, 0.6) is 0 Å². The predicted molar refractivity (Wildman–Crippen MR) is 132 cm³/mol. The van der Waals surface area contributed by atoms with Crippen LogP contribution in [0.2, 0.25) is 0 Å². The van der Waals surface area contributed by atoms with Crippen molar-refractivity contribution in [2.75, 3.05) is 11.1 Å². The lowest BCUT2D eigenvalue weighted by Gasteiger charge is -2.09. The zero-order chi connectivity index (χ0) is 23.4. The maximum atomic E-state index is 12.4. The first kappa shape index (κ1) is 22.7. The topological polar surface area (TPSA) is 103 Å². The largest absolute Gasteiger partial charge is 0.325 e. The van der Waals surface area contributed by atoms with Crippen LogP contribution in [0.15, 0.2) is 65.1 Å². The molecule has 0 aliphatic heterocycles. The van der Waals surface area contributed by atoms with Gasteiger partial charge in [0.15, 0.2) is 11.0 Å². The molecule has 0 bridgehead atoms. The number of anilines is 1. The van der Waals surface area contributed by atoms with Gasteiger partial charge in [-0.25, -0.2) is 0 Å². The Labute approximate surface area is 198 Å². The number of benzene rings is 2. The molecule has 0 saturated heterocycles. The molecule has 1 amide bonds. The summed E-state index contributed by atoms with van der Waals surface area (Å²) in [7, 11) is 0. The van der Waals surface area contributed by atoms with Crippen LogP contribution in [-0.2, 0) is 11.3 Å². The maximum Gasteiger partial charge on any atom is 0.271 e. The first-order valence-corrected chi connectivity index (χ1v) is 12.1. The lowest BCUT2D eigenvalue weighted by atomic mass is 10.0. The first-order valence-electron chi connectivity index (χ1n) is 10.2. The summed E-state index contributed by atoms with van der Waals surface area (Å²) in [5.41, 5.74) is 3.60. The molecule has 4 aromatic rings. The van der Waals surface area contributed by atoms with Gasteiger partial charge in [-0.2, -0.15) is 0 Å². The van der Waals surface area contributed by atoms with E-state index in [0.29, 0.717) is 17.4 Å². The third-order valence-corrected chi connectivity index (χ3v) is 6.86. The highest BCUT2D eigenvalue weighted by atomic mass is 32.2. The summed E-state index contributed by atoms with van der Waals surface area (Å²) in [5.74, 6) is 0.598. The van der Waals surface area contributed by atoms with Crippen LogP contribution >= 0.6 is 23.1 Å². The molecule has 168 valence electrons. The summed E-state index contributed by atoms with van der Waals surface area (Å²) < 4.78 is 2.00. The van der Waals surface area contributed by atoms with E-state index in [9.17, 15) is 14.9 Å². The van der Waals surface area contributed by atoms with E-state index in [1.807, 2.05) is 29.7 Å². The average Bonchev–Trinajstić information content (AvgIpc) is 3.41. The number of carbonyl (C=O) groups excluding carboxylic acids is 1. The normalized spacial score (nSPS) is 10.8. The van der Waals surface area contributed by atoms with Crippen molar-refractivity contribution in [1.29, 1.82) is 0 Å². The minimum Gasteiger partial charge on any atom is -0.325 e. The van der Waals surface area contributed by atoms with Gasteiger partial charge in [-0.05, 0) is 25.5 Å². The first-order chi connectivity index (χ1) is 16.0. The molecule has 4 rings (SSSR count). The molecule has 0 atom stereocenters. The van der Waals surface area contributed by atoms with E-state index in [-0.39, 0.29) is 17.3 Å². The minimum atomic E-state index is -0.495. The fourth-order valence-electron chi connectivity index (χ4n) is 3.49. The van der Waals surface area contributed by atoms with E-state index in [2.05, 4.69) is 40.0 Å². The second-order valence-electron chi connectivity index (χ2n) is 7.14. The van der Waals surface area contributed by atoms with Gasteiger partial charge in [-0.15, -0.1) is 21.5 Å². The zero-order valence-electron chi connectivity index (χ0n) is 18.0. The average molecular weight is 480 g/mol. The SMILES string of the molecule is CCn1c(SCC(=O)Nc2cccc([N+](=O)[O-])c2)nnc1-c1csc(C)c1-c1ccccc1. The number of aryl methyl sites for hydroxylation is 1. The molecule has 2 heterocycles. The van der Waals surface area contributed by atoms with Gasteiger partial charge in [-0.1, -0.05) is 48.2 Å². The third kappa shape index (κ3) is 4.96. The molecule has 0 fully saturated rings. The van der Waals surface area contributed by atoms with Crippen molar-refractivity contribution in [3.05, 3.63) is 75.0 Å². The molecule has 2 aromatic heterocycles. The summed E-state index contributed by atoms with van der Waals surface area (Å²) in [6.45, 7) is 4.76. The highest BCUT2D eigenvalue weighted by Crippen LogP contribution is 2.39. The van der Waals surface area contributed by atoms with Crippen LogP contribution in [0.3, 0.4) is 0 Å². The number of nitrogens with one attached hydrogen (secondary N) is 1. The van der Waals surface area contributed by atoms with Crippen LogP contribution < -0.4 is 5.32 Å². The summed E-state index contributed by atoms with van der Waals surface area (Å²) in [6.07, 6.45) is 0. The Morgan fingerprint density at radius 2 is 1.97 bits per heavy atom. The van der Waals surface area contributed by atoms with Gasteiger partial charge >= 0.3 is 0 Å². The fourth-order valence-corrected chi connectivity index (χ4v) is 5.15. The zero-order valence-corrected chi connectivity index (χ0v) is 19.7. The van der Waals surface area contributed by atoms with Gasteiger partial charge in [0.1, 0.15) is 0 Å². The highest BCUT2D eigenvalue weighted by Gasteiger charge is 2.20. The van der Waals surface area contributed by atoms with E-state index in [0.717, 1.165) is 22.5 Å². The van der Waals surface area contributed by atoms with Gasteiger partial charge in [0, 0.05) is 45.7 Å². The van der Waals surface area contributed by atoms with Gasteiger partial charge in [0.25, 0.3) is 5.69 Å². The Balaban J connectivity index is 1.52. The molecule has 2 aromatic carbocycles. The molecule has 8 nitrogen and oxygen atoms in total. The molecule has 0 aliphatic rings. The Kier molecular flexibility index (Phi) is 6.85. The van der Waals surface area contributed by atoms with E-state index in [1.54, 1.807) is 17.4 Å². The Hall–Kier alpha value is -3.50. The molecule has 1 N–H and O–H groups in total. The molecular weight excluding hydrogens is 458 g/mol.